The van der Waals surface area contributed by atoms with E-state index in [2.05, 4.69) is 29.5 Å². The molecule has 1 aromatic heterocycles. The summed E-state index contributed by atoms with van der Waals surface area (Å²) in [6.07, 6.45) is 1.54. The Morgan fingerprint density at radius 2 is 2.04 bits per heavy atom. The minimum absolute atomic E-state index is 0.193. The van der Waals surface area contributed by atoms with Gasteiger partial charge < -0.3 is 20.7 Å². The summed E-state index contributed by atoms with van der Waals surface area (Å²) in [4.78, 5) is 26.6. The van der Waals surface area contributed by atoms with Crippen molar-refractivity contribution in [3.8, 4) is 0 Å². The van der Waals surface area contributed by atoms with E-state index in [1.54, 1.807) is 11.5 Å². The van der Waals surface area contributed by atoms with E-state index in [9.17, 15) is 14.7 Å². The van der Waals surface area contributed by atoms with Crippen LogP contribution in [0.1, 0.15) is 33.6 Å². The average Bonchev–Trinajstić information content (AvgIpc) is 2.87. The second-order valence-electron chi connectivity index (χ2n) is 7.14. The lowest BCUT2D eigenvalue weighted by Gasteiger charge is -2.24. The van der Waals surface area contributed by atoms with Crippen molar-refractivity contribution in [3.05, 3.63) is 34.7 Å². The van der Waals surface area contributed by atoms with Crippen LogP contribution in [0, 0.1) is 5.92 Å². The minimum atomic E-state index is -0.921. The standard InChI is InChI=1S/C18H28N4O3/c1-13(2)8-9-18(3,25)12-20-16(23)19-10-11-22-15-7-5-4-6-14(15)21-17(22)24/h4-7,13,25H,8-12H2,1-3H3,(H,21,24)(H2,19,20,23). The van der Waals surface area contributed by atoms with Crippen molar-refractivity contribution in [2.24, 2.45) is 5.92 Å². The largest absolute Gasteiger partial charge is 0.388 e. The highest BCUT2D eigenvalue weighted by molar-refractivity contribution is 5.75. The zero-order valence-electron chi connectivity index (χ0n) is 15.1. The summed E-state index contributed by atoms with van der Waals surface area (Å²) in [5, 5.41) is 15.6. The van der Waals surface area contributed by atoms with Gasteiger partial charge in [0.2, 0.25) is 0 Å². The van der Waals surface area contributed by atoms with Crippen molar-refractivity contribution in [3.63, 3.8) is 0 Å². The topological polar surface area (TPSA) is 99.1 Å². The first-order chi connectivity index (χ1) is 11.8. The molecule has 1 unspecified atom stereocenters. The number of H-pyrrole nitrogens is 1. The van der Waals surface area contributed by atoms with E-state index in [4.69, 9.17) is 0 Å². The number of hydrogen-bond donors (Lipinski definition) is 4. The number of urea groups is 1. The third-order valence-corrected chi connectivity index (χ3v) is 4.19. The number of benzene rings is 1. The van der Waals surface area contributed by atoms with Gasteiger partial charge in [-0.3, -0.25) is 4.57 Å². The van der Waals surface area contributed by atoms with Gasteiger partial charge in [-0.2, -0.15) is 0 Å². The molecule has 0 aliphatic heterocycles. The van der Waals surface area contributed by atoms with E-state index in [1.807, 2.05) is 24.3 Å². The van der Waals surface area contributed by atoms with Crippen LogP contribution in [-0.2, 0) is 6.54 Å². The second-order valence-corrected chi connectivity index (χ2v) is 7.14. The van der Waals surface area contributed by atoms with Gasteiger partial charge in [-0.1, -0.05) is 26.0 Å². The highest BCUT2D eigenvalue weighted by Gasteiger charge is 2.21. The maximum absolute atomic E-state index is 11.9. The maximum atomic E-state index is 11.9. The summed E-state index contributed by atoms with van der Waals surface area (Å²) < 4.78 is 1.59. The number of aromatic amines is 1. The van der Waals surface area contributed by atoms with Gasteiger partial charge in [-0.15, -0.1) is 0 Å². The molecule has 7 heteroatoms. The summed E-state index contributed by atoms with van der Waals surface area (Å²) in [5.41, 5.74) is 0.472. The Labute approximate surface area is 147 Å². The van der Waals surface area contributed by atoms with Gasteiger partial charge in [0.05, 0.1) is 16.6 Å². The fraction of sp³-hybridized carbons (Fsp3) is 0.556. The van der Waals surface area contributed by atoms with Crippen LogP contribution >= 0.6 is 0 Å². The Bertz CT molecular complexity index is 761. The Balaban J connectivity index is 1.78. The fourth-order valence-corrected chi connectivity index (χ4v) is 2.63. The van der Waals surface area contributed by atoms with Crippen LogP contribution in [0.4, 0.5) is 4.79 Å². The van der Waals surface area contributed by atoms with E-state index in [1.165, 1.54) is 0 Å². The number of nitrogens with zero attached hydrogens (tertiary/aromatic N) is 1. The molecule has 0 saturated heterocycles. The molecular formula is C18H28N4O3. The van der Waals surface area contributed by atoms with Crippen molar-refractivity contribution < 1.29 is 9.90 Å². The molecule has 0 aliphatic rings. The first-order valence-electron chi connectivity index (χ1n) is 8.70. The summed E-state index contributed by atoms with van der Waals surface area (Å²) in [6.45, 7) is 6.81. The van der Waals surface area contributed by atoms with Crippen molar-refractivity contribution in [2.75, 3.05) is 13.1 Å². The number of amides is 2. The molecule has 1 atom stereocenters. The molecule has 1 aromatic carbocycles. The van der Waals surface area contributed by atoms with Gasteiger partial charge in [0.1, 0.15) is 0 Å². The molecule has 2 aromatic rings. The number of imidazole rings is 1. The highest BCUT2D eigenvalue weighted by atomic mass is 16.3. The van der Waals surface area contributed by atoms with E-state index in [0.29, 0.717) is 25.4 Å². The molecule has 138 valence electrons. The van der Waals surface area contributed by atoms with Gasteiger partial charge in [0.25, 0.3) is 0 Å². The first-order valence-corrected chi connectivity index (χ1v) is 8.70. The molecule has 0 radical (unpaired) electrons. The van der Waals surface area contributed by atoms with Gasteiger partial charge in [0, 0.05) is 19.6 Å². The van der Waals surface area contributed by atoms with Gasteiger partial charge in [-0.25, -0.2) is 9.59 Å². The minimum Gasteiger partial charge on any atom is -0.388 e. The third-order valence-electron chi connectivity index (χ3n) is 4.19. The summed E-state index contributed by atoms with van der Waals surface area (Å²) in [6, 6.07) is 7.08. The Kier molecular flexibility index (Phi) is 6.25. The van der Waals surface area contributed by atoms with Crippen LogP contribution in [-0.4, -0.2) is 39.4 Å². The first kappa shape index (κ1) is 19.1. The van der Waals surface area contributed by atoms with Crippen molar-refractivity contribution in [2.45, 2.75) is 45.8 Å². The van der Waals surface area contributed by atoms with E-state index >= 15 is 0 Å². The number of para-hydroxylation sites is 2. The van der Waals surface area contributed by atoms with Crippen LogP contribution in [0.5, 0.6) is 0 Å². The Morgan fingerprint density at radius 3 is 2.76 bits per heavy atom. The molecule has 25 heavy (non-hydrogen) atoms. The van der Waals surface area contributed by atoms with Gasteiger partial charge in [0.15, 0.2) is 0 Å². The molecule has 0 saturated carbocycles. The maximum Gasteiger partial charge on any atom is 0.326 e. The normalized spacial score (nSPS) is 13.8. The number of carbonyl (C=O) groups is 1. The molecular weight excluding hydrogens is 320 g/mol. The number of rotatable bonds is 8. The quantitative estimate of drug-likeness (QED) is 0.585. The Morgan fingerprint density at radius 1 is 1.32 bits per heavy atom. The average molecular weight is 348 g/mol. The number of nitrogens with one attached hydrogen (secondary N) is 3. The van der Waals surface area contributed by atoms with Crippen molar-refractivity contribution in [1.29, 1.82) is 0 Å². The summed E-state index contributed by atoms with van der Waals surface area (Å²) in [5.74, 6) is 0.509. The zero-order chi connectivity index (χ0) is 18.4. The lowest BCUT2D eigenvalue weighted by Crippen LogP contribution is -2.45. The lowest BCUT2D eigenvalue weighted by atomic mass is 9.95. The molecule has 2 rings (SSSR count). The van der Waals surface area contributed by atoms with E-state index in [-0.39, 0.29) is 18.3 Å². The molecule has 1 heterocycles. The molecule has 0 aliphatic carbocycles. The molecule has 4 N–H and O–H groups in total. The van der Waals surface area contributed by atoms with E-state index < -0.39 is 5.60 Å². The zero-order valence-corrected chi connectivity index (χ0v) is 15.1. The molecule has 7 nitrogen and oxygen atoms in total. The lowest BCUT2D eigenvalue weighted by molar-refractivity contribution is 0.0477. The van der Waals surface area contributed by atoms with Crippen molar-refractivity contribution >= 4 is 17.1 Å². The van der Waals surface area contributed by atoms with Crippen LogP contribution in [0.15, 0.2) is 29.1 Å². The highest BCUT2D eigenvalue weighted by Crippen LogP contribution is 2.15. The molecule has 0 spiro atoms. The molecule has 0 fully saturated rings. The summed E-state index contributed by atoms with van der Waals surface area (Å²) >= 11 is 0. The monoisotopic (exact) mass is 348 g/mol. The van der Waals surface area contributed by atoms with E-state index in [0.717, 1.165) is 17.5 Å². The number of aromatic nitrogens is 2. The Hall–Kier alpha value is -2.28. The SMILES string of the molecule is CC(C)CCC(C)(O)CNC(=O)NCCn1c(=O)[nH]c2ccccc21. The van der Waals surface area contributed by atoms with Crippen LogP contribution in [0.25, 0.3) is 11.0 Å². The fourth-order valence-electron chi connectivity index (χ4n) is 2.63. The molecule has 2 amide bonds. The summed E-state index contributed by atoms with van der Waals surface area (Å²) in [7, 11) is 0. The van der Waals surface area contributed by atoms with Crippen LogP contribution in [0.2, 0.25) is 0 Å². The number of hydrogen-bond acceptors (Lipinski definition) is 3. The molecule has 0 bridgehead atoms. The van der Waals surface area contributed by atoms with Crippen LogP contribution in [0.3, 0.4) is 0 Å². The van der Waals surface area contributed by atoms with Crippen LogP contribution < -0.4 is 16.3 Å². The number of aliphatic hydroxyl groups is 1. The third kappa shape index (κ3) is 5.63. The predicted molar refractivity (Wildman–Crippen MR) is 98.7 cm³/mol. The van der Waals surface area contributed by atoms with Crippen molar-refractivity contribution in [1.82, 2.24) is 20.2 Å². The number of carbonyl (C=O) groups excluding carboxylic acids is 1. The second kappa shape index (κ2) is 8.20. The van der Waals surface area contributed by atoms with Gasteiger partial charge >= 0.3 is 11.7 Å². The predicted octanol–water partition coefficient (Wildman–Crippen LogP) is 1.82. The smallest absolute Gasteiger partial charge is 0.326 e. The number of fused-ring (bicyclic) bond motifs is 1. The van der Waals surface area contributed by atoms with Gasteiger partial charge in [-0.05, 0) is 37.8 Å².